The zero-order valence-corrected chi connectivity index (χ0v) is 16.6. The molecule has 29 heavy (non-hydrogen) atoms. The molecule has 1 saturated carbocycles. The van der Waals surface area contributed by atoms with Crippen LogP contribution in [0.1, 0.15) is 60.2 Å². The Morgan fingerprint density at radius 2 is 1.93 bits per heavy atom. The molecule has 0 spiro atoms. The molecular formula is C22H25N3O4. The van der Waals surface area contributed by atoms with Crippen molar-refractivity contribution < 1.29 is 18.7 Å². The number of rotatable bonds is 4. The molecule has 2 atom stereocenters. The summed E-state index contributed by atoms with van der Waals surface area (Å²) in [5.41, 5.74) is 0.194. The predicted octanol–water partition coefficient (Wildman–Crippen LogP) is 3.59. The van der Waals surface area contributed by atoms with E-state index in [-0.39, 0.29) is 35.6 Å². The number of piperidine rings is 1. The Morgan fingerprint density at radius 3 is 2.69 bits per heavy atom. The van der Waals surface area contributed by atoms with Gasteiger partial charge < -0.3 is 14.1 Å². The van der Waals surface area contributed by atoms with Crippen LogP contribution in [0.5, 0.6) is 0 Å². The first-order valence-electron chi connectivity index (χ1n) is 10.2. The second kappa shape index (κ2) is 8.16. The van der Waals surface area contributed by atoms with Gasteiger partial charge in [-0.2, -0.15) is 5.26 Å². The van der Waals surface area contributed by atoms with Gasteiger partial charge in [-0.3, -0.25) is 9.36 Å². The first kappa shape index (κ1) is 19.3. The van der Waals surface area contributed by atoms with E-state index >= 15 is 0 Å². The van der Waals surface area contributed by atoms with Crippen molar-refractivity contribution in [3.63, 3.8) is 0 Å². The average molecular weight is 395 g/mol. The van der Waals surface area contributed by atoms with Crippen LogP contribution in [-0.2, 0) is 9.53 Å². The highest BCUT2D eigenvalue weighted by Gasteiger charge is 2.36. The summed E-state index contributed by atoms with van der Waals surface area (Å²) in [5.74, 6) is 0.289. The van der Waals surface area contributed by atoms with Crippen molar-refractivity contribution in [1.82, 2.24) is 9.47 Å². The highest BCUT2D eigenvalue weighted by atomic mass is 16.5. The van der Waals surface area contributed by atoms with Crippen LogP contribution in [0.2, 0.25) is 0 Å². The van der Waals surface area contributed by atoms with Gasteiger partial charge in [-0.05, 0) is 50.7 Å². The van der Waals surface area contributed by atoms with Crippen molar-refractivity contribution in [2.75, 3.05) is 13.2 Å². The number of esters is 1. The molecule has 1 saturated heterocycles. The number of likely N-dealkylation sites (tertiary alicyclic amines) is 1. The monoisotopic (exact) mass is 395 g/mol. The number of fused-ring (bicyclic) bond motifs is 1. The van der Waals surface area contributed by atoms with Gasteiger partial charge in [0.25, 0.3) is 5.91 Å². The molecule has 2 fully saturated rings. The largest absolute Gasteiger partial charge is 0.452 e. The Bertz CT molecular complexity index is 936. The molecule has 3 heterocycles. The Morgan fingerprint density at radius 1 is 1.21 bits per heavy atom. The van der Waals surface area contributed by atoms with E-state index in [1.807, 2.05) is 11.0 Å². The van der Waals surface area contributed by atoms with Crippen molar-refractivity contribution in [3.05, 3.63) is 41.4 Å². The van der Waals surface area contributed by atoms with E-state index in [4.69, 9.17) is 9.15 Å². The zero-order valence-electron chi connectivity index (χ0n) is 16.6. The minimum atomic E-state index is -0.702. The number of ether oxygens (including phenoxy) is 1. The number of hydrogen-bond donors (Lipinski definition) is 0. The van der Waals surface area contributed by atoms with E-state index in [2.05, 4.69) is 0 Å². The van der Waals surface area contributed by atoms with Gasteiger partial charge in [0.2, 0.25) is 5.88 Å². The Kier molecular flexibility index (Phi) is 5.43. The normalized spacial score (nSPS) is 21.3. The summed E-state index contributed by atoms with van der Waals surface area (Å²) in [6.45, 7) is 2.03. The first-order chi connectivity index (χ1) is 14.1. The minimum absolute atomic E-state index is 0.0817. The van der Waals surface area contributed by atoms with Gasteiger partial charge in [-0.15, -0.1) is 0 Å². The Balaban J connectivity index is 1.46. The van der Waals surface area contributed by atoms with Gasteiger partial charge in [-0.1, -0.05) is 12.8 Å². The molecule has 0 N–H and O–H groups in total. The van der Waals surface area contributed by atoms with Gasteiger partial charge >= 0.3 is 5.97 Å². The van der Waals surface area contributed by atoms with Gasteiger partial charge in [0.1, 0.15) is 23.0 Å². The van der Waals surface area contributed by atoms with E-state index in [1.54, 1.807) is 36.0 Å². The van der Waals surface area contributed by atoms with E-state index in [1.165, 1.54) is 19.3 Å². The maximum Gasteiger partial charge on any atom is 0.343 e. The van der Waals surface area contributed by atoms with Gasteiger partial charge in [0, 0.05) is 25.0 Å². The molecule has 0 bridgehead atoms. The third-order valence-corrected chi connectivity index (χ3v) is 6.11. The summed E-state index contributed by atoms with van der Waals surface area (Å²) in [7, 11) is 0. The molecule has 152 valence electrons. The summed E-state index contributed by atoms with van der Waals surface area (Å²) in [6, 6.07) is 5.90. The van der Waals surface area contributed by atoms with E-state index in [0.29, 0.717) is 11.7 Å². The topological polar surface area (TPSA) is 88.5 Å². The molecule has 4 rings (SSSR count). The quantitative estimate of drug-likeness (QED) is 0.738. The number of aromatic nitrogens is 1. The minimum Gasteiger partial charge on any atom is -0.452 e. The van der Waals surface area contributed by atoms with Crippen LogP contribution in [0.15, 0.2) is 28.9 Å². The molecule has 0 unspecified atom stereocenters. The fourth-order valence-electron chi connectivity index (χ4n) is 4.75. The predicted molar refractivity (Wildman–Crippen MR) is 104 cm³/mol. The van der Waals surface area contributed by atoms with E-state index in [0.717, 1.165) is 25.8 Å². The number of carbonyl (C=O) groups is 2. The van der Waals surface area contributed by atoms with Gasteiger partial charge in [-0.25, -0.2) is 4.79 Å². The summed E-state index contributed by atoms with van der Waals surface area (Å²) in [6.07, 6.45) is 10.2. The lowest BCUT2D eigenvalue weighted by molar-refractivity contribution is -0.140. The third-order valence-electron chi connectivity index (χ3n) is 6.11. The first-order valence-corrected chi connectivity index (χ1v) is 10.2. The molecule has 7 heteroatoms. The standard InChI is InChI=1S/C22H25N3O4/c1-15-20(17(13-23)21(29-15)24-10-4-5-11-24)22(27)28-14-19(26)25-12-6-8-16-7-2-3-9-18(16)25/h4-5,10-11,16,18H,2-3,6-9,12,14H2,1H3/t16-,18+/m1/s1. The molecule has 2 aromatic rings. The number of nitriles is 1. The highest BCUT2D eigenvalue weighted by molar-refractivity contribution is 5.95. The maximum atomic E-state index is 12.8. The van der Waals surface area contributed by atoms with Crippen molar-refractivity contribution in [2.45, 2.75) is 51.5 Å². The van der Waals surface area contributed by atoms with Crippen molar-refractivity contribution in [3.8, 4) is 12.0 Å². The highest BCUT2D eigenvalue weighted by Crippen LogP contribution is 2.35. The van der Waals surface area contributed by atoms with Crippen LogP contribution >= 0.6 is 0 Å². The van der Waals surface area contributed by atoms with Crippen LogP contribution < -0.4 is 0 Å². The maximum absolute atomic E-state index is 12.8. The lowest BCUT2D eigenvalue weighted by atomic mass is 9.78. The number of aryl methyl sites for hydroxylation is 1. The summed E-state index contributed by atoms with van der Waals surface area (Å²) < 4.78 is 12.6. The van der Waals surface area contributed by atoms with Crippen molar-refractivity contribution in [2.24, 2.45) is 5.92 Å². The number of amides is 1. The molecule has 7 nitrogen and oxygen atoms in total. The molecule has 1 aliphatic heterocycles. The molecule has 2 aromatic heterocycles. The van der Waals surface area contributed by atoms with Crippen LogP contribution in [0, 0.1) is 24.2 Å². The van der Waals surface area contributed by atoms with Gasteiger partial charge in [0.15, 0.2) is 6.61 Å². The number of hydrogen-bond acceptors (Lipinski definition) is 5. The van der Waals surface area contributed by atoms with Crippen molar-refractivity contribution >= 4 is 11.9 Å². The van der Waals surface area contributed by atoms with E-state index < -0.39 is 5.97 Å². The third kappa shape index (κ3) is 3.67. The SMILES string of the molecule is Cc1oc(-n2cccc2)c(C#N)c1C(=O)OCC(=O)N1CCC[C@H]2CCCC[C@@H]21. The Hall–Kier alpha value is -3.01. The molecule has 2 aliphatic rings. The summed E-state index contributed by atoms with van der Waals surface area (Å²) in [4.78, 5) is 27.4. The zero-order chi connectivity index (χ0) is 20.4. The van der Waals surface area contributed by atoms with Crippen LogP contribution in [0.4, 0.5) is 0 Å². The fraction of sp³-hybridized carbons (Fsp3) is 0.500. The van der Waals surface area contributed by atoms with Crippen LogP contribution in [0.25, 0.3) is 5.88 Å². The summed E-state index contributed by atoms with van der Waals surface area (Å²) in [5, 5.41) is 9.56. The van der Waals surface area contributed by atoms with Crippen LogP contribution in [0.3, 0.4) is 0 Å². The Labute approximate surface area is 169 Å². The average Bonchev–Trinajstić information content (AvgIpc) is 3.38. The lowest BCUT2D eigenvalue weighted by Gasteiger charge is -2.44. The van der Waals surface area contributed by atoms with Crippen molar-refractivity contribution in [1.29, 1.82) is 5.26 Å². The van der Waals surface area contributed by atoms with Gasteiger partial charge in [0.05, 0.1) is 0 Å². The number of nitrogens with zero attached hydrogens (tertiary/aromatic N) is 3. The number of carbonyl (C=O) groups excluding carboxylic acids is 2. The molecular weight excluding hydrogens is 370 g/mol. The van der Waals surface area contributed by atoms with Crippen LogP contribution in [-0.4, -0.2) is 40.5 Å². The second-order valence-electron chi connectivity index (χ2n) is 7.83. The molecule has 0 radical (unpaired) electrons. The molecule has 0 aromatic carbocycles. The lowest BCUT2D eigenvalue weighted by Crippen LogP contribution is -2.50. The molecule has 1 amide bonds. The molecule has 1 aliphatic carbocycles. The van der Waals surface area contributed by atoms with E-state index in [9.17, 15) is 14.9 Å². The second-order valence-corrected chi connectivity index (χ2v) is 7.83. The smallest absolute Gasteiger partial charge is 0.343 e. The number of furan rings is 1. The fourth-order valence-corrected chi connectivity index (χ4v) is 4.75. The summed E-state index contributed by atoms with van der Waals surface area (Å²) >= 11 is 0.